The summed E-state index contributed by atoms with van der Waals surface area (Å²) in [5.74, 6) is 1.52. The number of nitrogens with two attached hydrogens (primary N) is 1. The van der Waals surface area contributed by atoms with Gasteiger partial charge in [-0.2, -0.15) is 0 Å². The van der Waals surface area contributed by atoms with E-state index in [0.717, 1.165) is 18.9 Å². The predicted molar refractivity (Wildman–Crippen MR) is 68.7 cm³/mol. The average Bonchev–Trinajstić information content (AvgIpc) is 2.96. The Morgan fingerprint density at radius 2 is 2.00 bits per heavy atom. The summed E-state index contributed by atoms with van der Waals surface area (Å²) in [4.78, 5) is 7.17. The van der Waals surface area contributed by atoms with Gasteiger partial charge in [-0.15, -0.1) is 0 Å². The van der Waals surface area contributed by atoms with Crippen LogP contribution in [0.4, 0.5) is 0 Å². The number of hydrogen-bond acceptors (Lipinski definition) is 2. The first-order valence-corrected chi connectivity index (χ1v) is 6.85. The van der Waals surface area contributed by atoms with Crippen LogP contribution >= 0.6 is 0 Å². The third-order valence-electron chi connectivity index (χ3n) is 4.16. The Balaban J connectivity index is 1.82. The Kier molecular flexibility index (Phi) is 4.22. The van der Waals surface area contributed by atoms with Gasteiger partial charge in [-0.25, -0.2) is 0 Å². The van der Waals surface area contributed by atoms with Crippen LogP contribution in [0.5, 0.6) is 0 Å². The Morgan fingerprint density at radius 1 is 1.25 bits per heavy atom. The molecule has 3 heteroatoms. The van der Waals surface area contributed by atoms with Crippen LogP contribution in [0.15, 0.2) is 4.99 Å². The molecule has 0 amide bonds. The van der Waals surface area contributed by atoms with E-state index in [2.05, 4.69) is 16.8 Å². The molecule has 1 aliphatic carbocycles. The van der Waals surface area contributed by atoms with Gasteiger partial charge >= 0.3 is 0 Å². The first-order chi connectivity index (χ1) is 7.81. The molecule has 3 nitrogen and oxygen atoms in total. The summed E-state index contributed by atoms with van der Waals surface area (Å²) < 4.78 is 0. The largest absolute Gasteiger partial charge is 0.387 e. The van der Waals surface area contributed by atoms with Crippen LogP contribution in [-0.2, 0) is 0 Å². The van der Waals surface area contributed by atoms with Crippen molar-refractivity contribution in [2.75, 3.05) is 19.6 Å². The van der Waals surface area contributed by atoms with Gasteiger partial charge in [0.2, 0.25) is 0 Å². The molecular formula is C13H25N3. The molecule has 1 aliphatic heterocycles. The molecule has 2 aliphatic rings. The second kappa shape index (κ2) is 5.67. The van der Waals surface area contributed by atoms with E-state index in [-0.39, 0.29) is 0 Å². The normalized spacial score (nSPS) is 29.1. The van der Waals surface area contributed by atoms with E-state index < -0.39 is 0 Å². The maximum atomic E-state index is 6.08. The number of amidine groups is 1. The molecule has 1 unspecified atom stereocenters. The maximum absolute atomic E-state index is 6.08. The molecule has 0 spiro atoms. The van der Waals surface area contributed by atoms with E-state index in [1.165, 1.54) is 45.1 Å². The number of hydrogen-bond donors (Lipinski definition) is 1. The molecule has 0 aromatic carbocycles. The smallest absolute Gasteiger partial charge is 0.0969 e. The lowest BCUT2D eigenvalue weighted by Gasteiger charge is -2.21. The molecule has 2 fully saturated rings. The van der Waals surface area contributed by atoms with Crippen molar-refractivity contribution in [2.24, 2.45) is 16.6 Å². The van der Waals surface area contributed by atoms with Crippen LogP contribution in [0.3, 0.4) is 0 Å². The molecule has 1 saturated carbocycles. The van der Waals surface area contributed by atoms with E-state index >= 15 is 0 Å². The number of rotatable bonds is 4. The summed E-state index contributed by atoms with van der Waals surface area (Å²) in [6.07, 6.45) is 7.83. The standard InChI is InChI=1S/C13H25N3/c1-2-16-9-5-8-12(16)10-15-13(14)11-6-3-4-7-11/h11-12H,2-10H2,1H3,(H2,14,15). The zero-order valence-corrected chi connectivity index (χ0v) is 10.5. The topological polar surface area (TPSA) is 41.6 Å². The molecule has 0 bridgehead atoms. The van der Waals surface area contributed by atoms with Crippen molar-refractivity contribution < 1.29 is 0 Å². The monoisotopic (exact) mass is 223 g/mol. The van der Waals surface area contributed by atoms with Gasteiger partial charge in [0.05, 0.1) is 12.4 Å². The minimum absolute atomic E-state index is 0.594. The Hall–Kier alpha value is -0.570. The molecule has 2 rings (SSSR count). The lowest BCUT2D eigenvalue weighted by Crippen LogP contribution is -2.32. The summed E-state index contributed by atoms with van der Waals surface area (Å²) in [5, 5.41) is 0. The van der Waals surface area contributed by atoms with Gasteiger partial charge in [0.1, 0.15) is 0 Å². The van der Waals surface area contributed by atoms with Crippen molar-refractivity contribution in [3.05, 3.63) is 0 Å². The lowest BCUT2D eigenvalue weighted by molar-refractivity contribution is 0.273. The van der Waals surface area contributed by atoms with Crippen molar-refractivity contribution >= 4 is 5.84 Å². The van der Waals surface area contributed by atoms with Gasteiger partial charge in [-0.3, -0.25) is 9.89 Å². The molecular weight excluding hydrogens is 198 g/mol. The zero-order valence-electron chi connectivity index (χ0n) is 10.5. The fourth-order valence-electron chi connectivity index (χ4n) is 3.08. The van der Waals surface area contributed by atoms with Crippen molar-refractivity contribution in [3.8, 4) is 0 Å². The molecule has 1 atom stereocenters. The average molecular weight is 223 g/mol. The second-order valence-corrected chi connectivity index (χ2v) is 5.17. The molecule has 2 N–H and O–H groups in total. The van der Waals surface area contributed by atoms with Gasteiger partial charge < -0.3 is 5.73 Å². The molecule has 0 radical (unpaired) electrons. The number of nitrogens with zero attached hydrogens (tertiary/aromatic N) is 2. The Bertz CT molecular complexity index is 244. The predicted octanol–water partition coefficient (Wildman–Crippen LogP) is 2.02. The van der Waals surface area contributed by atoms with Crippen molar-refractivity contribution in [2.45, 2.75) is 51.5 Å². The molecule has 0 aromatic rings. The van der Waals surface area contributed by atoms with Crippen molar-refractivity contribution in [1.82, 2.24) is 4.90 Å². The summed E-state index contributed by atoms with van der Waals surface area (Å²) in [6.45, 7) is 5.57. The fraction of sp³-hybridized carbons (Fsp3) is 0.923. The highest BCUT2D eigenvalue weighted by Crippen LogP contribution is 2.25. The van der Waals surface area contributed by atoms with Crippen LogP contribution < -0.4 is 5.73 Å². The van der Waals surface area contributed by atoms with Crippen LogP contribution in [-0.4, -0.2) is 36.4 Å². The molecule has 16 heavy (non-hydrogen) atoms. The third kappa shape index (κ3) is 2.76. The van der Waals surface area contributed by atoms with Crippen LogP contribution in [0, 0.1) is 5.92 Å². The summed E-state index contributed by atoms with van der Waals surface area (Å²) >= 11 is 0. The third-order valence-corrected chi connectivity index (χ3v) is 4.16. The SMILES string of the molecule is CCN1CCCC1CN=C(N)C1CCCC1. The number of likely N-dealkylation sites (N-methyl/N-ethyl adjacent to an activating group) is 1. The quantitative estimate of drug-likeness (QED) is 0.585. The van der Waals surface area contributed by atoms with E-state index in [9.17, 15) is 0 Å². The van der Waals surface area contributed by atoms with Gasteiger partial charge in [0.15, 0.2) is 0 Å². The van der Waals surface area contributed by atoms with Crippen LogP contribution in [0.1, 0.15) is 45.4 Å². The second-order valence-electron chi connectivity index (χ2n) is 5.17. The van der Waals surface area contributed by atoms with Gasteiger partial charge in [-0.1, -0.05) is 19.8 Å². The van der Waals surface area contributed by atoms with E-state index in [1.807, 2.05) is 0 Å². The highest BCUT2D eigenvalue weighted by molar-refractivity contribution is 5.83. The lowest BCUT2D eigenvalue weighted by atomic mass is 10.1. The number of aliphatic imine (C=N–C) groups is 1. The van der Waals surface area contributed by atoms with Gasteiger partial charge in [0, 0.05) is 12.0 Å². The zero-order chi connectivity index (χ0) is 11.4. The van der Waals surface area contributed by atoms with Crippen molar-refractivity contribution in [1.29, 1.82) is 0 Å². The number of likely N-dealkylation sites (tertiary alicyclic amines) is 1. The molecule has 1 heterocycles. The molecule has 92 valence electrons. The Labute approximate surface area is 99.1 Å². The first-order valence-electron chi connectivity index (χ1n) is 6.85. The fourth-order valence-corrected chi connectivity index (χ4v) is 3.08. The minimum atomic E-state index is 0.594. The highest BCUT2D eigenvalue weighted by Gasteiger charge is 2.23. The van der Waals surface area contributed by atoms with E-state index in [4.69, 9.17) is 5.73 Å². The van der Waals surface area contributed by atoms with Gasteiger partial charge in [0.25, 0.3) is 0 Å². The molecule has 0 aromatic heterocycles. The first kappa shape index (κ1) is 11.9. The van der Waals surface area contributed by atoms with Crippen molar-refractivity contribution in [3.63, 3.8) is 0 Å². The van der Waals surface area contributed by atoms with Gasteiger partial charge in [-0.05, 0) is 38.8 Å². The minimum Gasteiger partial charge on any atom is -0.387 e. The summed E-state index contributed by atoms with van der Waals surface area (Å²) in [5.41, 5.74) is 6.08. The van der Waals surface area contributed by atoms with Crippen LogP contribution in [0.25, 0.3) is 0 Å². The summed E-state index contributed by atoms with van der Waals surface area (Å²) in [7, 11) is 0. The highest BCUT2D eigenvalue weighted by atomic mass is 15.2. The Morgan fingerprint density at radius 3 is 2.69 bits per heavy atom. The van der Waals surface area contributed by atoms with E-state index in [1.54, 1.807) is 0 Å². The molecule has 1 saturated heterocycles. The van der Waals surface area contributed by atoms with E-state index in [0.29, 0.717) is 12.0 Å². The maximum Gasteiger partial charge on any atom is 0.0969 e. The van der Waals surface area contributed by atoms with Crippen LogP contribution in [0.2, 0.25) is 0 Å². The summed E-state index contributed by atoms with van der Waals surface area (Å²) in [6, 6.07) is 0.657.